The Morgan fingerprint density at radius 1 is 1.38 bits per heavy atom. The van der Waals surface area contributed by atoms with Gasteiger partial charge in [-0.15, -0.1) is 0 Å². The van der Waals surface area contributed by atoms with Gasteiger partial charge in [-0.1, -0.05) is 11.6 Å². The summed E-state index contributed by atoms with van der Waals surface area (Å²) in [6, 6.07) is 7.28. The smallest absolute Gasteiger partial charge is 0.268 e. The Morgan fingerprint density at radius 2 is 2.24 bits per heavy atom. The fraction of sp³-hybridized carbons (Fsp3) is 0.200. The first kappa shape index (κ1) is 12.5. The quantitative estimate of drug-likeness (QED) is 0.780. The number of nitrogens with one attached hydrogen (secondary N) is 2. The summed E-state index contributed by atoms with van der Waals surface area (Å²) in [6.45, 7) is 0. The van der Waals surface area contributed by atoms with Crippen LogP contribution in [0.15, 0.2) is 41.3 Å². The molecule has 1 aliphatic rings. The van der Waals surface area contributed by atoms with E-state index in [0.717, 1.165) is 29.4 Å². The minimum absolute atomic E-state index is 0.150. The van der Waals surface area contributed by atoms with E-state index in [-0.39, 0.29) is 11.4 Å². The van der Waals surface area contributed by atoms with Gasteiger partial charge in [0.1, 0.15) is 17.7 Å². The molecule has 0 atom stereocenters. The van der Waals surface area contributed by atoms with Crippen LogP contribution in [0.4, 0.5) is 0 Å². The average Bonchev–Trinajstić information content (AvgIpc) is 2.94. The zero-order chi connectivity index (χ0) is 14.4. The maximum atomic E-state index is 12.4. The SMILES string of the molecule is O=C(NC1(c2cocn2)CC1)c1cc2cc(Cl)ccc2[nH]1. The number of carbonyl (C=O) groups is 1. The topological polar surface area (TPSA) is 70.9 Å². The minimum atomic E-state index is -0.376. The van der Waals surface area contributed by atoms with Gasteiger partial charge < -0.3 is 14.7 Å². The third-order valence-electron chi connectivity index (χ3n) is 3.85. The Labute approximate surface area is 125 Å². The van der Waals surface area contributed by atoms with Gasteiger partial charge in [0.2, 0.25) is 0 Å². The van der Waals surface area contributed by atoms with E-state index >= 15 is 0 Å². The van der Waals surface area contributed by atoms with E-state index in [2.05, 4.69) is 15.3 Å². The van der Waals surface area contributed by atoms with Crippen molar-refractivity contribution in [1.29, 1.82) is 0 Å². The second kappa shape index (κ2) is 4.36. The molecule has 5 nitrogen and oxygen atoms in total. The number of hydrogen-bond donors (Lipinski definition) is 2. The van der Waals surface area contributed by atoms with E-state index in [1.807, 2.05) is 12.1 Å². The van der Waals surface area contributed by atoms with Gasteiger partial charge >= 0.3 is 0 Å². The fourth-order valence-electron chi connectivity index (χ4n) is 2.53. The molecule has 0 unspecified atom stereocenters. The highest BCUT2D eigenvalue weighted by Crippen LogP contribution is 2.44. The van der Waals surface area contributed by atoms with Crippen molar-refractivity contribution in [2.24, 2.45) is 0 Å². The summed E-state index contributed by atoms with van der Waals surface area (Å²) < 4.78 is 5.00. The molecule has 2 N–H and O–H groups in total. The van der Waals surface area contributed by atoms with E-state index in [1.54, 1.807) is 18.4 Å². The van der Waals surface area contributed by atoms with Crippen LogP contribution in [0.25, 0.3) is 10.9 Å². The van der Waals surface area contributed by atoms with Crippen molar-refractivity contribution in [3.05, 3.63) is 53.3 Å². The van der Waals surface area contributed by atoms with Gasteiger partial charge in [0, 0.05) is 15.9 Å². The summed E-state index contributed by atoms with van der Waals surface area (Å²) in [5.74, 6) is -0.150. The van der Waals surface area contributed by atoms with Crippen LogP contribution < -0.4 is 5.32 Å². The second-order valence-corrected chi connectivity index (χ2v) is 5.76. The monoisotopic (exact) mass is 301 g/mol. The van der Waals surface area contributed by atoms with Crippen molar-refractivity contribution in [3.63, 3.8) is 0 Å². The highest BCUT2D eigenvalue weighted by molar-refractivity contribution is 6.31. The predicted molar refractivity (Wildman–Crippen MR) is 78.2 cm³/mol. The number of halogens is 1. The van der Waals surface area contributed by atoms with Crippen molar-refractivity contribution in [3.8, 4) is 0 Å². The van der Waals surface area contributed by atoms with Crippen LogP contribution in [-0.4, -0.2) is 15.9 Å². The molecule has 1 aromatic carbocycles. The van der Waals surface area contributed by atoms with E-state index < -0.39 is 0 Å². The molecule has 4 rings (SSSR count). The molecule has 6 heteroatoms. The Hall–Kier alpha value is -2.27. The summed E-state index contributed by atoms with van der Waals surface area (Å²) in [4.78, 5) is 19.7. The summed E-state index contributed by atoms with van der Waals surface area (Å²) >= 11 is 5.96. The van der Waals surface area contributed by atoms with E-state index in [1.165, 1.54) is 6.39 Å². The highest BCUT2D eigenvalue weighted by atomic mass is 35.5. The Bertz CT molecular complexity index is 819. The lowest BCUT2D eigenvalue weighted by atomic mass is 10.2. The van der Waals surface area contributed by atoms with Crippen molar-refractivity contribution in [1.82, 2.24) is 15.3 Å². The van der Waals surface area contributed by atoms with Gasteiger partial charge in [0.25, 0.3) is 5.91 Å². The lowest BCUT2D eigenvalue weighted by molar-refractivity contribution is 0.0925. The van der Waals surface area contributed by atoms with Crippen molar-refractivity contribution in [2.75, 3.05) is 0 Å². The van der Waals surface area contributed by atoms with Crippen LogP contribution in [-0.2, 0) is 5.54 Å². The number of hydrogen-bond acceptors (Lipinski definition) is 3. The van der Waals surface area contributed by atoms with Gasteiger partial charge in [-0.25, -0.2) is 4.98 Å². The summed E-state index contributed by atoms with van der Waals surface area (Å²) in [6.07, 6.45) is 4.71. The van der Waals surface area contributed by atoms with Crippen LogP contribution in [0, 0.1) is 0 Å². The summed E-state index contributed by atoms with van der Waals surface area (Å²) in [7, 11) is 0. The number of carbonyl (C=O) groups excluding carboxylic acids is 1. The standard InChI is InChI=1S/C15H12ClN3O2/c16-10-1-2-11-9(5-10)6-12(18-11)14(20)19-15(3-4-15)13-7-21-8-17-13/h1-2,5-8,18H,3-4H2,(H,19,20). The molecule has 3 aromatic rings. The first-order valence-corrected chi connectivity index (χ1v) is 7.04. The molecule has 0 radical (unpaired) electrons. The van der Waals surface area contributed by atoms with Crippen LogP contribution in [0.3, 0.4) is 0 Å². The van der Waals surface area contributed by atoms with Crippen molar-refractivity contribution < 1.29 is 9.21 Å². The minimum Gasteiger partial charge on any atom is -0.451 e. The number of oxazole rings is 1. The number of aromatic amines is 1. The van der Waals surface area contributed by atoms with Gasteiger partial charge in [-0.05, 0) is 37.1 Å². The molecular weight excluding hydrogens is 290 g/mol. The average molecular weight is 302 g/mol. The van der Waals surface area contributed by atoms with Crippen molar-refractivity contribution >= 4 is 28.4 Å². The Morgan fingerprint density at radius 3 is 2.95 bits per heavy atom. The van der Waals surface area contributed by atoms with Gasteiger partial charge in [0.15, 0.2) is 6.39 Å². The molecule has 2 aromatic heterocycles. The van der Waals surface area contributed by atoms with Crippen LogP contribution >= 0.6 is 11.6 Å². The van der Waals surface area contributed by atoms with Gasteiger partial charge in [-0.2, -0.15) is 0 Å². The Balaban J connectivity index is 1.62. The maximum Gasteiger partial charge on any atom is 0.268 e. The number of H-pyrrole nitrogens is 1. The van der Waals surface area contributed by atoms with Crippen LogP contribution in [0.2, 0.25) is 5.02 Å². The first-order chi connectivity index (χ1) is 10.2. The molecule has 2 heterocycles. The summed E-state index contributed by atoms with van der Waals surface area (Å²) in [5.41, 5.74) is 1.80. The highest BCUT2D eigenvalue weighted by Gasteiger charge is 2.48. The van der Waals surface area contributed by atoms with E-state index in [4.69, 9.17) is 16.0 Å². The molecule has 0 spiro atoms. The first-order valence-electron chi connectivity index (χ1n) is 6.66. The van der Waals surface area contributed by atoms with Gasteiger partial charge in [-0.3, -0.25) is 4.79 Å². The largest absolute Gasteiger partial charge is 0.451 e. The summed E-state index contributed by atoms with van der Waals surface area (Å²) in [5, 5.41) is 4.60. The molecule has 1 amide bonds. The van der Waals surface area contributed by atoms with Crippen LogP contribution in [0.5, 0.6) is 0 Å². The molecule has 0 saturated heterocycles. The normalized spacial score (nSPS) is 16.0. The number of amides is 1. The number of nitrogens with zero attached hydrogens (tertiary/aromatic N) is 1. The molecular formula is C15H12ClN3O2. The predicted octanol–water partition coefficient (Wildman–Crippen LogP) is 3.23. The number of aromatic nitrogens is 2. The third kappa shape index (κ3) is 2.10. The zero-order valence-corrected chi connectivity index (χ0v) is 11.8. The molecule has 1 saturated carbocycles. The number of rotatable bonds is 3. The zero-order valence-electron chi connectivity index (χ0n) is 11.0. The number of fused-ring (bicyclic) bond motifs is 1. The number of benzene rings is 1. The molecule has 21 heavy (non-hydrogen) atoms. The van der Waals surface area contributed by atoms with E-state index in [9.17, 15) is 4.79 Å². The molecule has 0 bridgehead atoms. The Kier molecular flexibility index (Phi) is 2.59. The fourth-order valence-corrected chi connectivity index (χ4v) is 2.71. The molecule has 0 aliphatic heterocycles. The second-order valence-electron chi connectivity index (χ2n) is 5.32. The van der Waals surface area contributed by atoms with Gasteiger partial charge in [0.05, 0.1) is 5.54 Å². The van der Waals surface area contributed by atoms with Crippen molar-refractivity contribution in [2.45, 2.75) is 18.4 Å². The lowest BCUT2D eigenvalue weighted by Gasteiger charge is -2.13. The molecule has 1 fully saturated rings. The van der Waals surface area contributed by atoms with Crippen LogP contribution in [0.1, 0.15) is 29.0 Å². The maximum absolute atomic E-state index is 12.4. The molecule has 106 valence electrons. The van der Waals surface area contributed by atoms with E-state index in [0.29, 0.717) is 10.7 Å². The lowest BCUT2D eigenvalue weighted by Crippen LogP contribution is -2.35. The third-order valence-corrected chi connectivity index (χ3v) is 4.09. The molecule has 1 aliphatic carbocycles.